The lowest BCUT2D eigenvalue weighted by molar-refractivity contribution is 0.410. The zero-order valence-corrected chi connectivity index (χ0v) is 13.8. The smallest absolute Gasteiger partial charge is 0.207 e. The van der Waals surface area contributed by atoms with Gasteiger partial charge in [0.2, 0.25) is 10.0 Å². The van der Waals surface area contributed by atoms with Gasteiger partial charge in [-0.2, -0.15) is 4.31 Å². The maximum Gasteiger partial charge on any atom is 0.261 e. The Kier molecular flexibility index (Phi) is 6.00. The summed E-state index contributed by atoms with van der Waals surface area (Å²) in [6.07, 6.45) is 1.43. The van der Waals surface area contributed by atoms with E-state index in [0.29, 0.717) is 25.9 Å². The number of hydrogen-bond acceptors (Lipinski definition) is 4. The molecule has 0 aromatic heterocycles. The van der Waals surface area contributed by atoms with Crippen LogP contribution in [0, 0.1) is 0 Å². The summed E-state index contributed by atoms with van der Waals surface area (Å²) >= 11 is 0. The molecular formula is C12H18ClNO4S2. The van der Waals surface area contributed by atoms with Crippen LogP contribution >= 0.6 is 10.7 Å². The molecule has 1 aromatic rings. The average molecular weight is 340 g/mol. The van der Waals surface area contributed by atoms with Gasteiger partial charge >= 0.3 is 0 Å². The molecule has 0 spiro atoms. The molecule has 20 heavy (non-hydrogen) atoms. The van der Waals surface area contributed by atoms with E-state index in [9.17, 15) is 16.8 Å². The summed E-state index contributed by atoms with van der Waals surface area (Å²) in [7, 11) is -2.23. The number of rotatable bonds is 7. The van der Waals surface area contributed by atoms with Gasteiger partial charge in [0.15, 0.2) is 0 Å². The van der Waals surface area contributed by atoms with Crippen molar-refractivity contribution in [3.05, 3.63) is 24.3 Å². The number of benzene rings is 1. The van der Waals surface area contributed by atoms with E-state index in [4.69, 9.17) is 10.7 Å². The van der Waals surface area contributed by atoms with Gasteiger partial charge in [-0.1, -0.05) is 13.8 Å². The molecule has 0 aliphatic heterocycles. The third kappa shape index (κ3) is 4.18. The van der Waals surface area contributed by atoms with Crippen LogP contribution < -0.4 is 0 Å². The van der Waals surface area contributed by atoms with Crippen molar-refractivity contribution in [3.63, 3.8) is 0 Å². The van der Waals surface area contributed by atoms with Crippen LogP contribution in [0.4, 0.5) is 0 Å². The van der Waals surface area contributed by atoms with E-state index >= 15 is 0 Å². The second-order valence-electron chi connectivity index (χ2n) is 4.31. The first kappa shape index (κ1) is 17.4. The van der Waals surface area contributed by atoms with Crippen molar-refractivity contribution < 1.29 is 16.8 Å². The first-order chi connectivity index (χ1) is 9.23. The molecule has 0 saturated heterocycles. The van der Waals surface area contributed by atoms with Crippen molar-refractivity contribution in [3.8, 4) is 0 Å². The second-order valence-corrected chi connectivity index (χ2v) is 8.82. The lowest BCUT2D eigenvalue weighted by Gasteiger charge is -2.21. The Balaban J connectivity index is 3.15. The molecule has 0 bridgehead atoms. The van der Waals surface area contributed by atoms with Crippen LogP contribution in [0.25, 0.3) is 0 Å². The molecule has 8 heteroatoms. The quantitative estimate of drug-likeness (QED) is 0.715. The Bertz CT molecular complexity index is 633. The number of halogens is 1. The summed E-state index contributed by atoms with van der Waals surface area (Å²) in [5.41, 5.74) is 0. The van der Waals surface area contributed by atoms with Gasteiger partial charge in [-0.15, -0.1) is 0 Å². The second kappa shape index (κ2) is 6.89. The van der Waals surface area contributed by atoms with Crippen molar-refractivity contribution in [2.75, 3.05) is 13.1 Å². The normalized spacial score (nSPS) is 12.8. The summed E-state index contributed by atoms with van der Waals surface area (Å²) in [5, 5.41) is 0. The highest BCUT2D eigenvalue weighted by atomic mass is 35.7. The molecule has 0 saturated carbocycles. The number of sulfonamides is 1. The van der Waals surface area contributed by atoms with Gasteiger partial charge in [-0.3, -0.25) is 0 Å². The van der Waals surface area contributed by atoms with Crippen LogP contribution in [0.3, 0.4) is 0 Å². The molecule has 0 amide bonds. The van der Waals surface area contributed by atoms with E-state index in [1.807, 2.05) is 13.8 Å². The Hall–Kier alpha value is -0.630. The maximum atomic E-state index is 12.4. The number of hydrogen-bond donors (Lipinski definition) is 0. The van der Waals surface area contributed by atoms with Gasteiger partial charge in [0.05, 0.1) is 9.79 Å². The fourth-order valence-corrected chi connectivity index (χ4v) is 4.17. The van der Waals surface area contributed by atoms with E-state index in [-0.39, 0.29) is 9.79 Å². The van der Waals surface area contributed by atoms with E-state index in [2.05, 4.69) is 0 Å². The molecule has 1 rings (SSSR count). The van der Waals surface area contributed by atoms with Gasteiger partial charge in [0, 0.05) is 23.8 Å². The molecule has 0 unspecified atom stereocenters. The Morgan fingerprint density at radius 3 is 1.65 bits per heavy atom. The highest BCUT2D eigenvalue weighted by molar-refractivity contribution is 8.13. The summed E-state index contributed by atoms with van der Waals surface area (Å²) in [4.78, 5) is -0.0425. The lowest BCUT2D eigenvalue weighted by atomic mass is 10.4. The molecule has 114 valence electrons. The highest BCUT2D eigenvalue weighted by Crippen LogP contribution is 2.20. The number of nitrogens with zero attached hydrogens (tertiary/aromatic N) is 1. The monoisotopic (exact) mass is 339 g/mol. The standard InChI is InChI=1S/C12H18ClNO4S2/c1-3-9-14(10-4-2)20(17,18)12-7-5-11(6-8-12)19(13,15)16/h5-8H,3-4,9-10H2,1-2H3. The zero-order chi connectivity index (χ0) is 15.4. The molecule has 0 aliphatic carbocycles. The molecule has 0 aliphatic rings. The molecule has 0 atom stereocenters. The van der Waals surface area contributed by atoms with Gasteiger partial charge in [-0.25, -0.2) is 16.8 Å². The minimum absolute atomic E-state index is 0.0727. The van der Waals surface area contributed by atoms with E-state index in [0.717, 1.165) is 0 Å². The Morgan fingerprint density at radius 2 is 1.30 bits per heavy atom. The van der Waals surface area contributed by atoms with Crippen LogP contribution in [0.2, 0.25) is 0 Å². The van der Waals surface area contributed by atoms with E-state index in [1.54, 1.807) is 0 Å². The van der Waals surface area contributed by atoms with Crippen LogP contribution in [-0.4, -0.2) is 34.2 Å². The fraction of sp³-hybridized carbons (Fsp3) is 0.500. The first-order valence-corrected chi connectivity index (χ1v) is 10.0. The van der Waals surface area contributed by atoms with Crippen molar-refractivity contribution in [1.29, 1.82) is 0 Å². The van der Waals surface area contributed by atoms with Crippen molar-refractivity contribution in [1.82, 2.24) is 4.31 Å². The zero-order valence-electron chi connectivity index (χ0n) is 11.4. The minimum Gasteiger partial charge on any atom is -0.207 e. The lowest BCUT2D eigenvalue weighted by Crippen LogP contribution is -2.32. The topological polar surface area (TPSA) is 71.5 Å². The van der Waals surface area contributed by atoms with Crippen LogP contribution in [0.1, 0.15) is 26.7 Å². The van der Waals surface area contributed by atoms with Gasteiger partial charge < -0.3 is 0 Å². The van der Waals surface area contributed by atoms with Crippen molar-refractivity contribution in [2.45, 2.75) is 36.5 Å². The highest BCUT2D eigenvalue weighted by Gasteiger charge is 2.23. The summed E-state index contributed by atoms with van der Waals surface area (Å²) in [6.45, 7) is 4.68. The summed E-state index contributed by atoms with van der Waals surface area (Å²) < 4.78 is 48.5. The van der Waals surface area contributed by atoms with Crippen molar-refractivity contribution >= 4 is 29.8 Å². The minimum atomic E-state index is -3.84. The summed E-state index contributed by atoms with van der Waals surface area (Å²) in [6, 6.07) is 4.93. The molecule has 0 radical (unpaired) electrons. The van der Waals surface area contributed by atoms with Gasteiger partial charge in [-0.05, 0) is 37.1 Å². The Morgan fingerprint density at radius 1 is 0.900 bits per heavy atom. The SMILES string of the molecule is CCCN(CCC)S(=O)(=O)c1ccc(S(=O)(=O)Cl)cc1. The Labute approximate surface area is 125 Å². The van der Waals surface area contributed by atoms with Gasteiger partial charge in [0.1, 0.15) is 0 Å². The largest absolute Gasteiger partial charge is 0.261 e. The molecule has 0 heterocycles. The van der Waals surface area contributed by atoms with Crippen LogP contribution in [-0.2, 0) is 19.1 Å². The average Bonchev–Trinajstić information content (AvgIpc) is 2.37. The molecule has 0 N–H and O–H groups in total. The molecule has 1 aromatic carbocycles. The third-order valence-corrected chi connectivity index (χ3v) is 5.97. The predicted octanol–water partition coefficient (Wildman–Crippen LogP) is 2.42. The van der Waals surface area contributed by atoms with Crippen LogP contribution in [0.5, 0.6) is 0 Å². The molecular weight excluding hydrogens is 322 g/mol. The van der Waals surface area contributed by atoms with E-state index < -0.39 is 19.1 Å². The first-order valence-electron chi connectivity index (χ1n) is 6.28. The molecule has 5 nitrogen and oxygen atoms in total. The van der Waals surface area contributed by atoms with Gasteiger partial charge in [0.25, 0.3) is 9.05 Å². The van der Waals surface area contributed by atoms with Crippen LogP contribution in [0.15, 0.2) is 34.1 Å². The van der Waals surface area contributed by atoms with Crippen molar-refractivity contribution in [2.24, 2.45) is 0 Å². The summed E-state index contributed by atoms with van der Waals surface area (Å²) in [5.74, 6) is 0. The predicted molar refractivity (Wildman–Crippen MR) is 78.8 cm³/mol. The third-order valence-electron chi connectivity index (χ3n) is 2.69. The van der Waals surface area contributed by atoms with E-state index in [1.165, 1.54) is 28.6 Å². The molecule has 0 fully saturated rings. The fourth-order valence-electron chi connectivity index (χ4n) is 1.77. The maximum absolute atomic E-state index is 12.4.